The quantitative estimate of drug-likeness (QED) is 0.174. The summed E-state index contributed by atoms with van der Waals surface area (Å²) in [6.07, 6.45) is 1.70. The SMILES string of the molecule is CC1CCC(c2cc(-n3c4ccccc4c4cc5ccccc5cc43)c3oc4c5ccccc5ccc4c3c2)=NC(c2cccc3sc4ccccc4c23)=NC1c1cccc2ccccc12. The van der Waals surface area contributed by atoms with Crippen molar-refractivity contribution in [3.63, 3.8) is 0 Å². The minimum absolute atomic E-state index is 0.0897. The van der Waals surface area contributed by atoms with E-state index >= 15 is 0 Å². The van der Waals surface area contributed by atoms with Crippen molar-refractivity contribution < 1.29 is 4.42 Å². The average Bonchev–Trinajstić information content (AvgIpc) is 4.04. The van der Waals surface area contributed by atoms with Crippen LogP contribution in [0.15, 0.2) is 209 Å². The third-order valence-electron chi connectivity index (χ3n) is 14.2. The molecule has 0 bridgehead atoms. The van der Waals surface area contributed by atoms with Crippen molar-refractivity contribution in [2.75, 3.05) is 0 Å². The van der Waals surface area contributed by atoms with Gasteiger partial charge in [-0.25, -0.2) is 4.99 Å². The van der Waals surface area contributed by atoms with Gasteiger partial charge in [0.15, 0.2) is 11.4 Å². The van der Waals surface area contributed by atoms with Crippen LogP contribution in [-0.2, 0) is 0 Å². The lowest BCUT2D eigenvalue weighted by atomic mass is 9.86. The zero-order valence-corrected chi connectivity index (χ0v) is 37.0. The number of furan rings is 1. The Morgan fingerprint density at radius 2 is 1.20 bits per heavy atom. The first-order chi connectivity index (χ1) is 32.6. The highest BCUT2D eigenvalue weighted by atomic mass is 32.1. The molecule has 0 amide bonds. The van der Waals surface area contributed by atoms with Gasteiger partial charge in [-0.1, -0.05) is 153 Å². The van der Waals surface area contributed by atoms with Gasteiger partial charge in [0.05, 0.1) is 28.5 Å². The largest absolute Gasteiger partial charge is 0.453 e. The number of benzene rings is 10. The van der Waals surface area contributed by atoms with E-state index < -0.39 is 0 Å². The van der Waals surface area contributed by atoms with Crippen molar-refractivity contribution in [2.45, 2.75) is 25.8 Å². The van der Waals surface area contributed by atoms with Crippen LogP contribution in [0.4, 0.5) is 0 Å². The highest BCUT2D eigenvalue weighted by Gasteiger charge is 2.28. The van der Waals surface area contributed by atoms with E-state index in [0.29, 0.717) is 0 Å². The van der Waals surface area contributed by atoms with Gasteiger partial charge in [0.1, 0.15) is 5.58 Å². The number of rotatable bonds is 4. The molecule has 13 aromatic rings. The maximum Gasteiger partial charge on any atom is 0.159 e. The maximum atomic E-state index is 7.20. The molecule has 0 spiro atoms. The molecule has 2 atom stereocenters. The molecule has 0 aliphatic carbocycles. The molecule has 66 heavy (non-hydrogen) atoms. The third-order valence-corrected chi connectivity index (χ3v) is 15.4. The normalized spacial score (nSPS) is 16.0. The van der Waals surface area contributed by atoms with Crippen LogP contribution in [0, 0.1) is 5.92 Å². The first kappa shape index (κ1) is 37.5. The number of aromatic nitrogens is 1. The van der Waals surface area contributed by atoms with E-state index in [0.717, 1.165) is 84.9 Å². The zero-order chi connectivity index (χ0) is 43.5. The Morgan fingerprint density at radius 1 is 0.515 bits per heavy atom. The fraction of sp³-hybridized carbons (Fsp3) is 0.0820. The standard InChI is InChI=1S/C61H41N3OS/c1-36-28-31-51(62-61(63-58(36)45-23-12-18-37-14-4-6-19-42(37)45)48-24-13-27-56-57(48)47-22-9-11-26-55(47)66-56)41-33-50-46-30-29-38-15-5-7-20-43(38)59(46)65-60(50)54(35-41)64-52-25-10-8-21-44(52)49-32-39-16-2-3-17-40(39)34-53(49)64/h2-27,29-30,32-36,58H,28,31H2,1H3. The zero-order valence-electron chi connectivity index (χ0n) is 36.2. The minimum atomic E-state index is -0.0897. The molecule has 0 radical (unpaired) electrons. The van der Waals surface area contributed by atoms with Crippen molar-refractivity contribution in [2.24, 2.45) is 15.9 Å². The molecule has 5 heteroatoms. The number of para-hydroxylation sites is 1. The first-order valence-corrected chi connectivity index (χ1v) is 23.8. The van der Waals surface area contributed by atoms with Gasteiger partial charge in [-0.15, -0.1) is 11.3 Å². The molecule has 3 aromatic heterocycles. The van der Waals surface area contributed by atoms with E-state index in [-0.39, 0.29) is 12.0 Å². The van der Waals surface area contributed by atoms with E-state index in [9.17, 15) is 0 Å². The summed E-state index contributed by atoms with van der Waals surface area (Å²) in [5, 5.41) is 14.2. The number of fused-ring (bicyclic) bond motifs is 13. The summed E-state index contributed by atoms with van der Waals surface area (Å²) in [6, 6.07) is 70.6. The fourth-order valence-corrected chi connectivity index (χ4v) is 12.1. The van der Waals surface area contributed by atoms with E-state index in [4.69, 9.17) is 14.4 Å². The van der Waals surface area contributed by atoms with Crippen molar-refractivity contribution in [1.29, 1.82) is 0 Å². The maximum absolute atomic E-state index is 7.20. The first-order valence-electron chi connectivity index (χ1n) is 23.0. The molecule has 4 nitrogen and oxygen atoms in total. The van der Waals surface area contributed by atoms with Gasteiger partial charge in [-0.3, -0.25) is 4.99 Å². The smallest absolute Gasteiger partial charge is 0.159 e. The molecule has 0 saturated heterocycles. The highest BCUT2D eigenvalue weighted by molar-refractivity contribution is 7.25. The average molecular weight is 864 g/mol. The molecule has 0 fully saturated rings. The summed E-state index contributed by atoms with van der Waals surface area (Å²) in [5.74, 6) is 1.00. The van der Waals surface area contributed by atoms with E-state index in [1.807, 2.05) is 11.3 Å². The molecule has 14 rings (SSSR count). The van der Waals surface area contributed by atoms with Crippen LogP contribution in [0.5, 0.6) is 0 Å². The van der Waals surface area contributed by atoms with Gasteiger partial charge in [-0.2, -0.15) is 0 Å². The van der Waals surface area contributed by atoms with E-state index in [2.05, 4.69) is 206 Å². The summed E-state index contributed by atoms with van der Waals surface area (Å²) >= 11 is 1.84. The Hall–Kier alpha value is -7.86. The Balaban J connectivity index is 1.08. The monoisotopic (exact) mass is 863 g/mol. The van der Waals surface area contributed by atoms with Crippen LogP contribution < -0.4 is 0 Å². The summed E-state index contributed by atoms with van der Waals surface area (Å²) in [6.45, 7) is 2.38. The fourth-order valence-electron chi connectivity index (χ4n) is 11.0. The molecule has 4 heterocycles. The second kappa shape index (κ2) is 14.6. The second-order valence-corrected chi connectivity index (χ2v) is 19.1. The van der Waals surface area contributed by atoms with E-state index in [1.54, 1.807) is 0 Å². The lowest BCUT2D eigenvalue weighted by molar-refractivity contribution is 0.448. The number of hydrogen-bond acceptors (Lipinski definition) is 4. The van der Waals surface area contributed by atoms with Crippen molar-refractivity contribution in [3.8, 4) is 5.69 Å². The predicted octanol–water partition coefficient (Wildman–Crippen LogP) is 16.9. The number of thiophene rings is 1. The highest BCUT2D eigenvalue weighted by Crippen LogP contribution is 2.44. The Labute approximate surface area is 384 Å². The van der Waals surface area contributed by atoms with Crippen molar-refractivity contribution in [3.05, 3.63) is 211 Å². The number of aliphatic imine (C=N–C) groups is 2. The molecule has 0 N–H and O–H groups in total. The van der Waals surface area contributed by atoms with Gasteiger partial charge in [0, 0.05) is 52.7 Å². The second-order valence-electron chi connectivity index (χ2n) is 18.0. The topological polar surface area (TPSA) is 42.8 Å². The summed E-state index contributed by atoms with van der Waals surface area (Å²) in [4.78, 5) is 11.7. The Morgan fingerprint density at radius 3 is 2.06 bits per heavy atom. The number of nitrogens with zero attached hydrogens (tertiary/aromatic N) is 3. The van der Waals surface area contributed by atoms with Crippen LogP contribution in [0.25, 0.3) is 102 Å². The number of amidine groups is 1. The van der Waals surface area contributed by atoms with Gasteiger partial charge >= 0.3 is 0 Å². The van der Waals surface area contributed by atoms with Crippen molar-refractivity contribution in [1.82, 2.24) is 4.57 Å². The van der Waals surface area contributed by atoms with Crippen LogP contribution in [0.2, 0.25) is 0 Å². The Bertz CT molecular complexity index is 4220. The van der Waals surface area contributed by atoms with Gasteiger partial charge in [0.2, 0.25) is 0 Å². The molecular weight excluding hydrogens is 823 g/mol. The van der Waals surface area contributed by atoms with Crippen LogP contribution in [-0.4, -0.2) is 16.1 Å². The summed E-state index contributed by atoms with van der Waals surface area (Å²) < 4.78 is 12.1. The van der Waals surface area contributed by atoms with Gasteiger partial charge in [-0.05, 0) is 105 Å². The third kappa shape index (κ3) is 5.69. The summed E-state index contributed by atoms with van der Waals surface area (Å²) in [5.41, 5.74) is 9.46. The van der Waals surface area contributed by atoms with Crippen molar-refractivity contribution >= 4 is 119 Å². The van der Waals surface area contributed by atoms with Crippen LogP contribution in [0.1, 0.15) is 42.5 Å². The van der Waals surface area contributed by atoms with E-state index in [1.165, 1.54) is 58.1 Å². The van der Waals surface area contributed by atoms with Gasteiger partial charge in [0.25, 0.3) is 0 Å². The van der Waals surface area contributed by atoms with Gasteiger partial charge < -0.3 is 8.98 Å². The molecule has 2 unspecified atom stereocenters. The Kier molecular flexibility index (Phi) is 8.29. The molecule has 10 aromatic carbocycles. The lowest BCUT2D eigenvalue weighted by Gasteiger charge is -2.26. The minimum Gasteiger partial charge on any atom is -0.453 e. The predicted molar refractivity (Wildman–Crippen MR) is 281 cm³/mol. The molecule has 1 aliphatic heterocycles. The lowest BCUT2D eigenvalue weighted by Crippen LogP contribution is -2.18. The van der Waals surface area contributed by atoms with Crippen LogP contribution in [0.3, 0.4) is 0 Å². The molecule has 0 saturated carbocycles. The molecule has 312 valence electrons. The molecular formula is C61H41N3OS. The van der Waals surface area contributed by atoms with Crippen LogP contribution >= 0.6 is 11.3 Å². The summed E-state index contributed by atoms with van der Waals surface area (Å²) in [7, 11) is 0. The number of hydrogen-bond donors (Lipinski definition) is 0. The molecule has 1 aliphatic rings.